The maximum atomic E-state index is 5.90. The van der Waals surface area contributed by atoms with Crippen LogP contribution < -0.4 is 16.0 Å². The zero-order valence-corrected chi connectivity index (χ0v) is 8.49. The van der Waals surface area contributed by atoms with Crippen molar-refractivity contribution in [2.24, 2.45) is 0 Å². The monoisotopic (exact) mass is 200 g/mol. The van der Waals surface area contributed by atoms with Gasteiger partial charge in [0.05, 0.1) is 17.9 Å². The van der Waals surface area contributed by atoms with Gasteiger partial charge in [0.25, 0.3) is 0 Å². The zero-order valence-electron chi connectivity index (χ0n) is 8.49. The highest BCUT2D eigenvalue weighted by Crippen LogP contribution is 2.39. The van der Waals surface area contributed by atoms with E-state index in [9.17, 15) is 0 Å². The van der Waals surface area contributed by atoms with E-state index in [0.717, 1.165) is 28.9 Å². The number of nitrogens with zero attached hydrogens (tertiary/aromatic N) is 2. The predicted molar refractivity (Wildman–Crippen MR) is 63.0 cm³/mol. The Balaban J connectivity index is 2.45. The Hall–Kier alpha value is -1.97. The van der Waals surface area contributed by atoms with Gasteiger partial charge in [-0.3, -0.25) is 0 Å². The number of nitrogens with two attached hydrogens (primary N) is 1. The first-order valence-electron chi connectivity index (χ1n) is 4.90. The molecule has 1 aromatic carbocycles. The fourth-order valence-electron chi connectivity index (χ4n) is 2.06. The van der Waals surface area contributed by atoms with Crippen molar-refractivity contribution in [2.75, 3.05) is 29.7 Å². The van der Waals surface area contributed by atoms with Gasteiger partial charge in [-0.05, 0) is 6.07 Å². The summed E-state index contributed by atoms with van der Waals surface area (Å²) in [6.07, 6.45) is 0. The van der Waals surface area contributed by atoms with Crippen LogP contribution in [-0.2, 0) is 0 Å². The highest BCUT2D eigenvalue weighted by molar-refractivity contribution is 6.03. The summed E-state index contributed by atoms with van der Waals surface area (Å²) < 4.78 is 0. The smallest absolute Gasteiger partial charge is 0.149 e. The predicted octanol–water partition coefficient (Wildman–Crippen LogP) is 1.64. The van der Waals surface area contributed by atoms with Gasteiger partial charge in [-0.1, -0.05) is 18.2 Å². The molecule has 0 unspecified atom stereocenters. The molecule has 2 aromatic rings. The standard InChI is InChI=1S/C11H12N4/c1-15-6-13-9-10(15)7-4-2-3-5-8(7)14-11(9)12/h2-5,13H,6H2,1H3,(H2,12,14). The van der Waals surface area contributed by atoms with Crippen LogP contribution in [0, 0.1) is 0 Å². The number of aromatic nitrogens is 1. The molecular weight excluding hydrogens is 188 g/mol. The third kappa shape index (κ3) is 1.05. The SMILES string of the molecule is CN1CNc2c(N)nc3ccccc3c21. The number of para-hydroxylation sites is 1. The van der Waals surface area contributed by atoms with Gasteiger partial charge >= 0.3 is 0 Å². The molecule has 0 radical (unpaired) electrons. The van der Waals surface area contributed by atoms with Crippen LogP contribution in [0.2, 0.25) is 0 Å². The number of nitrogen functional groups attached to an aromatic ring is 1. The number of fused-ring (bicyclic) bond motifs is 3. The van der Waals surface area contributed by atoms with Crippen LogP contribution in [0.4, 0.5) is 17.2 Å². The molecule has 0 saturated heterocycles. The lowest BCUT2D eigenvalue weighted by Crippen LogP contribution is -2.16. The van der Waals surface area contributed by atoms with Crippen LogP contribution in [0.1, 0.15) is 0 Å². The van der Waals surface area contributed by atoms with E-state index in [1.165, 1.54) is 0 Å². The van der Waals surface area contributed by atoms with Crippen LogP contribution in [0.15, 0.2) is 24.3 Å². The highest BCUT2D eigenvalue weighted by Gasteiger charge is 2.21. The Morgan fingerprint density at radius 2 is 2.20 bits per heavy atom. The summed E-state index contributed by atoms with van der Waals surface area (Å²) in [5, 5.41) is 4.40. The second kappa shape index (κ2) is 2.76. The average Bonchev–Trinajstić information content (AvgIpc) is 2.62. The van der Waals surface area contributed by atoms with Crippen molar-refractivity contribution < 1.29 is 0 Å². The number of hydrogen-bond donors (Lipinski definition) is 2. The summed E-state index contributed by atoms with van der Waals surface area (Å²) in [4.78, 5) is 6.52. The van der Waals surface area contributed by atoms with Gasteiger partial charge in [0.2, 0.25) is 0 Å². The van der Waals surface area contributed by atoms with Crippen molar-refractivity contribution in [1.29, 1.82) is 0 Å². The second-order valence-electron chi connectivity index (χ2n) is 3.77. The molecule has 76 valence electrons. The fourth-order valence-corrected chi connectivity index (χ4v) is 2.06. The van der Waals surface area contributed by atoms with Gasteiger partial charge in [-0.15, -0.1) is 0 Å². The van der Waals surface area contributed by atoms with E-state index in [1.54, 1.807) is 0 Å². The van der Waals surface area contributed by atoms with Gasteiger partial charge in [0.15, 0.2) is 0 Å². The molecule has 4 nitrogen and oxygen atoms in total. The highest BCUT2D eigenvalue weighted by atomic mass is 15.3. The number of rotatable bonds is 0. The number of hydrogen-bond acceptors (Lipinski definition) is 4. The van der Waals surface area contributed by atoms with Crippen LogP contribution in [0.25, 0.3) is 10.9 Å². The molecule has 3 N–H and O–H groups in total. The summed E-state index contributed by atoms with van der Waals surface area (Å²) >= 11 is 0. The summed E-state index contributed by atoms with van der Waals surface area (Å²) in [6.45, 7) is 0.787. The van der Waals surface area contributed by atoms with Crippen molar-refractivity contribution in [3.63, 3.8) is 0 Å². The maximum Gasteiger partial charge on any atom is 0.149 e. The molecule has 0 aliphatic carbocycles. The zero-order chi connectivity index (χ0) is 10.4. The number of benzene rings is 1. The minimum atomic E-state index is 0.577. The molecule has 3 rings (SSSR count). The van der Waals surface area contributed by atoms with Gasteiger partial charge in [0, 0.05) is 12.4 Å². The largest absolute Gasteiger partial charge is 0.382 e. The normalized spacial score (nSPS) is 14.1. The molecule has 0 spiro atoms. The molecule has 0 atom stereocenters. The molecule has 1 aromatic heterocycles. The van der Waals surface area contributed by atoms with Gasteiger partial charge < -0.3 is 16.0 Å². The van der Waals surface area contributed by atoms with Crippen LogP contribution in [-0.4, -0.2) is 18.7 Å². The third-order valence-electron chi connectivity index (χ3n) is 2.77. The molecule has 1 aliphatic rings. The topological polar surface area (TPSA) is 54.2 Å². The lowest BCUT2D eigenvalue weighted by Gasteiger charge is -2.13. The van der Waals surface area contributed by atoms with Gasteiger partial charge in [0.1, 0.15) is 11.5 Å². The Kier molecular flexibility index (Phi) is 1.54. The van der Waals surface area contributed by atoms with E-state index >= 15 is 0 Å². The molecule has 2 heterocycles. The van der Waals surface area contributed by atoms with Crippen molar-refractivity contribution >= 4 is 28.1 Å². The fraction of sp³-hybridized carbons (Fsp3) is 0.182. The summed E-state index contributed by atoms with van der Waals surface area (Å²) in [5.74, 6) is 0.577. The van der Waals surface area contributed by atoms with Crippen LogP contribution in [0.5, 0.6) is 0 Å². The van der Waals surface area contributed by atoms with E-state index in [0.29, 0.717) is 5.82 Å². The Bertz CT molecular complexity index is 535. The third-order valence-corrected chi connectivity index (χ3v) is 2.77. The van der Waals surface area contributed by atoms with E-state index in [-0.39, 0.29) is 0 Å². The van der Waals surface area contributed by atoms with Crippen LogP contribution >= 0.6 is 0 Å². The van der Waals surface area contributed by atoms with Crippen molar-refractivity contribution in [3.05, 3.63) is 24.3 Å². The molecule has 0 bridgehead atoms. The maximum absolute atomic E-state index is 5.90. The molecule has 0 amide bonds. The molecule has 4 heteroatoms. The molecule has 0 saturated carbocycles. The number of nitrogens with one attached hydrogen (secondary N) is 1. The van der Waals surface area contributed by atoms with E-state index in [4.69, 9.17) is 5.73 Å². The summed E-state index contributed by atoms with van der Waals surface area (Å²) in [5.41, 5.74) is 8.95. The Morgan fingerprint density at radius 3 is 3.07 bits per heavy atom. The van der Waals surface area contributed by atoms with E-state index in [2.05, 4.69) is 21.3 Å². The first-order valence-corrected chi connectivity index (χ1v) is 4.90. The number of pyridine rings is 1. The van der Waals surface area contributed by atoms with Crippen molar-refractivity contribution in [3.8, 4) is 0 Å². The minimum Gasteiger partial charge on any atom is -0.382 e. The lowest BCUT2D eigenvalue weighted by molar-refractivity contribution is 1.04. The van der Waals surface area contributed by atoms with Gasteiger partial charge in [-0.2, -0.15) is 0 Å². The second-order valence-corrected chi connectivity index (χ2v) is 3.77. The van der Waals surface area contributed by atoms with Crippen molar-refractivity contribution in [2.45, 2.75) is 0 Å². The first kappa shape index (κ1) is 8.35. The average molecular weight is 200 g/mol. The quantitative estimate of drug-likeness (QED) is 0.678. The molecular formula is C11H12N4. The van der Waals surface area contributed by atoms with E-state index < -0.39 is 0 Å². The van der Waals surface area contributed by atoms with Gasteiger partial charge in [-0.25, -0.2) is 4.98 Å². The molecule has 1 aliphatic heterocycles. The minimum absolute atomic E-state index is 0.577. The lowest BCUT2D eigenvalue weighted by atomic mass is 10.1. The molecule has 0 fully saturated rings. The Morgan fingerprint density at radius 1 is 1.40 bits per heavy atom. The first-order chi connectivity index (χ1) is 7.27. The van der Waals surface area contributed by atoms with E-state index in [1.807, 2.05) is 25.2 Å². The summed E-state index contributed by atoms with van der Waals surface area (Å²) in [6, 6.07) is 8.05. The molecule has 15 heavy (non-hydrogen) atoms. The van der Waals surface area contributed by atoms with Crippen LogP contribution in [0.3, 0.4) is 0 Å². The number of anilines is 3. The Labute approximate surface area is 87.7 Å². The van der Waals surface area contributed by atoms with Crippen molar-refractivity contribution in [1.82, 2.24) is 4.98 Å². The summed E-state index contributed by atoms with van der Waals surface area (Å²) in [7, 11) is 2.05.